The number of nitrogens with one attached hydrogen (secondary N) is 1. The number of carbonyl (C=O) groups excluding carboxylic acids is 1. The molecule has 2 atom stereocenters. The summed E-state index contributed by atoms with van der Waals surface area (Å²) in [5, 5.41) is 2.81. The van der Waals surface area contributed by atoms with Gasteiger partial charge in [-0.1, -0.05) is 6.92 Å². The minimum Gasteiger partial charge on any atom is -0.498 e. The van der Waals surface area contributed by atoms with Gasteiger partial charge in [0.15, 0.2) is 5.60 Å². The van der Waals surface area contributed by atoms with E-state index in [4.69, 9.17) is 14.2 Å². The first kappa shape index (κ1) is 20.8. The van der Waals surface area contributed by atoms with E-state index >= 15 is 0 Å². The van der Waals surface area contributed by atoms with Crippen LogP contribution in [0.1, 0.15) is 66.4 Å². The van der Waals surface area contributed by atoms with Crippen molar-refractivity contribution in [1.82, 2.24) is 10.3 Å². The summed E-state index contributed by atoms with van der Waals surface area (Å²) in [4.78, 5) is 15.8. The average Bonchev–Trinajstić information content (AvgIpc) is 3.49. The maximum Gasteiger partial charge on any atom is 0.217 e. The maximum absolute atomic E-state index is 11.1. The van der Waals surface area contributed by atoms with Crippen LogP contribution in [0.2, 0.25) is 0 Å². The minimum absolute atomic E-state index is 0. The molecule has 3 aliphatic rings. The Morgan fingerprint density at radius 1 is 1.37 bits per heavy atom. The van der Waals surface area contributed by atoms with Crippen LogP contribution in [-0.4, -0.2) is 30.1 Å². The first-order chi connectivity index (χ1) is 14.5. The molecule has 164 valence electrons. The summed E-state index contributed by atoms with van der Waals surface area (Å²) in [5.41, 5.74) is 1.87. The standard InChI is InChI=1S/C24H32N2O4.H2/c1-4-24(23-10-9-21(13-25-23)28-14-16(2)26-17(3)27)12-19-7-8-20(11-22(19)30-24)29-15-18-5-6-18;/h9-11,13,16,18H,4-8,12,14-15H2,1-3H3,(H,26,27);1H/t16-,24?;/m0./s1. The van der Waals surface area contributed by atoms with Crippen LogP contribution in [0.3, 0.4) is 0 Å². The smallest absolute Gasteiger partial charge is 0.217 e. The van der Waals surface area contributed by atoms with Gasteiger partial charge in [-0.2, -0.15) is 0 Å². The molecule has 0 bridgehead atoms. The van der Waals surface area contributed by atoms with E-state index in [2.05, 4.69) is 23.3 Å². The van der Waals surface area contributed by atoms with Gasteiger partial charge in [-0.05, 0) is 56.2 Å². The van der Waals surface area contributed by atoms with E-state index in [1.807, 2.05) is 19.1 Å². The molecule has 0 aromatic carbocycles. The molecule has 0 spiro atoms. The highest BCUT2D eigenvalue weighted by atomic mass is 16.5. The highest BCUT2D eigenvalue weighted by Crippen LogP contribution is 2.47. The maximum atomic E-state index is 11.1. The zero-order chi connectivity index (χ0) is 21.1. The Kier molecular flexibility index (Phi) is 6.02. The second kappa shape index (κ2) is 8.70. The van der Waals surface area contributed by atoms with Crippen LogP contribution < -0.4 is 10.1 Å². The number of hydrogen-bond donors (Lipinski definition) is 1. The quantitative estimate of drug-likeness (QED) is 0.639. The van der Waals surface area contributed by atoms with E-state index in [1.54, 1.807) is 6.20 Å². The van der Waals surface area contributed by atoms with Gasteiger partial charge >= 0.3 is 0 Å². The lowest BCUT2D eigenvalue weighted by Gasteiger charge is -2.28. The average molecular weight is 415 g/mol. The second-order valence-electron chi connectivity index (χ2n) is 8.75. The predicted octanol–water partition coefficient (Wildman–Crippen LogP) is 4.62. The van der Waals surface area contributed by atoms with E-state index in [9.17, 15) is 4.79 Å². The number of allylic oxidation sites excluding steroid dienone is 2. The van der Waals surface area contributed by atoms with Crippen LogP contribution in [0.25, 0.3) is 0 Å². The third-order valence-electron chi connectivity index (χ3n) is 6.04. The fraction of sp³-hybridized carbons (Fsp3) is 0.583. The van der Waals surface area contributed by atoms with Gasteiger partial charge in [-0.3, -0.25) is 9.78 Å². The van der Waals surface area contributed by atoms with Crippen molar-refractivity contribution in [3.8, 4) is 5.75 Å². The zero-order valence-electron chi connectivity index (χ0n) is 18.2. The van der Waals surface area contributed by atoms with Crippen LogP contribution in [0, 0.1) is 5.92 Å². The summed E-state index contributed by atoms with van der Waals surface area (Å²) < 4.78 is 18.3. The van der Waals surface area contributed by atoms with Crippen LogP contribution in [0.5, 0.6) is 5.75 Å². The molecule has 1 aliphatic heterocycles. The molecule has 2 aliphatic carbocycles. The van der Waals surface area contributed by atoms with Crippen molar-refractivity contribution in [3.63, 3.8) is 0 Å². The summed E-state index contributed by atoms with van der Waals surface area (Å²) in [6.45, 7) is 6.81. The van der Waals surface area contributed by atoms with Crippen molar-refractivity contribution in [2.24, 2.45) is 5.92 Å². The lowest BCUT2D eigenvalue weighted by atomic mass is 9.87. The molecule has 1 aromatic heterocycles. The highest BCUT2D eigenvalue weighted by Gasteiger charge is 2.42. The van der Waals surface area contributed by atoms with E-state index < -0.39 is 5.60 Å². The van der Waals surface area contributed by atoms with Gasteiger partial charge in [0.25, 0.3) is 0 Å². The first-order valence-corrected chi connectivity index (χ1v) is 11.1. The van der Waals surface area contributed by atoms with E-state index in [0.29, 0.717) is 12.4 Å². The largest absolute Gasteiger partial charge is 0.498 e. The van der Waals surface area contributed by atoms with Crippen LogP contribution in [-0.2, 0) is 19.9 Å². The van der Waals surface area contributed by atoms with Gasteiger partial charge < -0.3 is 19.5 Å². The Morgan fingerprint density at radius 3 is 2.87 bits per heavy atom. The number of carbonyl (C=O) groups is 1. The molecular weight excluding hydrogens is 380 g/mol. The Morgan fingerprint density at radius 2 is 2.20 bits per heavy atom. The van der Waals surface area contributed by atoms with Gasteiger partial charge in [0, 0.05) is 27.3 Å². The Hall–Kier alpha value is -2.50. The van der Waals surface area contributed by atoms with Gasteiger partial charge in [0.2, 0.25) is 5.91 Å². The molecule has 4 rings (SSSR count). The second-order valence-corrected chi connectivity index (χ2v) is 8.75. The van der Waals surface area contributed by atoms with Gasteiger partial charge in [0.05, 0.1) is 30.3 Å². The number of rotatable bonds is 9. The van der Waals surface area contributed by atoms with Crippen molar-refractivity contribution < 1.29 is 20.4 Å². The molecule has 6 heteroatoms. The molecule has 1 N–H and O–H groups in total. The molecule has 2 heterocycles. The number of pyridine rings is 1. The van der Waals surface area contributed by atoms with E-state index in [0.717, 1.165) is 55.4 Å². The molecule has 0 saturated heterocycles. The topological polar surface area (TPSA) is 69.7 Å². The number of amides is 1. The zero-order valence-corrected chi connectivity index (χ0v) is 18.2. The molecule has 1 unspecified atom stereocenters. The van der Waals surface area contributed by atoms with Crippen LogP contribution in [0.4, 0.5) is 0 Å². The van der Waals surface area contributed by atoms with Gasteiger partial charge in [0.1, 0.15) is 18.1 Å². The number of hydrogen-bond acceptors (Lipinski definition) is 5. The van der Waals surface area contributed by atoms with Crippen molar-refractivity contribution in [2.75, 3.05) is 13.2 Å². The fourth-order valence-electron chi connectivity index (χ4n) is 4.08. The number of nitrogens with zero attached hydrogens (tertiary/aromatic N) is 1. The van der Waals surface area contributed by atoms with Crippen molar-refractivity contribution in [2.45, 2.75) is 70.9 Å². The Bertz CT molecular complexity index is 848. The molecule has 1 fully saturated rings. The molecule has 0 radical (unpaired) electrons. The minimum atomic E-state index is -0.422. The molecule has 1 saturated carbocycles. The van der Waals surface area contributed by atoms with E-state index in [-0.39, 0.29) is 13.4 Å². The summed E-state index contributed by atoms with van der Waals surface area (Å²) in [6.07, 6.45) is 10.1. The lowest BCUT2D eigenvalue weighted by molar-refractivity contribution is -0.119. The first-order valence-electron chi connectivity index (χ1n) is 11.1. The number of ether oxygens (including phenoxy) is 3. The van der Waals surface area contributed by atoms with Crippen molar-refractivity contribution >= 4 is 5.91 Å². The third-order valence-corrected chi connectivity index (χ3v) is 6.04. The molecule has 6 nitrogen and oxygen atoms in total. The van der Waals surface area contributed by atoms with Crippen LogP contribution >= 0.6 is 0 Å². The summed E-state index contributed by atoms with van der Waals surface area (Å²) >= 11 is 0. The molecule has 30 heavy (non-hydrogen) atoms. The monoisotopic (exact) mass is 414 g/mol. The summed E-state index contributed by atoms with van der Waals surface area (Å²) in [6, 6.07) is 3.87. The van der Waals surface area contributed by atoms with Gasteiger partial charge in [-0.25, -0.2) is 0 Å². The SMILES string of the molecule is CCC1(c2ccc(OC[C@H](C)NC(C)=O)cn2)CC2=C(C=C(OCC3CC3)CC2)O1.[HH]. The van der Waals surface area contributed by atoms with E-state index in [1.165, 1.54) is 25.3 Å². The fourth-order valence-corrected chi connectivity index (χ4v) is 4.08. The Balaban J connectivity index is 0.00000272. The summed E-state index contributed by atoms with van der Waals surface area (Å²) in [7, 11) is 0. The molecular formula is C24H34N2O4. The van der Waals surface area contributed by atoms with Gasteiger partial charge in [-0.15, -0.1) is 0 Å². The summed E-state index contributed by atoms with van der Waals surface area (Å²) in [5.74, 6) is 3.41. The molecule has 1 amide bonds. The van der Waals surface area contributed by atoms with Crippen molar-refractivity contribution in [1.29, 1.82) is 0 Å². The number of aromatic nitrogens is 1. The molecule has 1 aromatic rings. The van der Waals surface area contributed by atoms with Crippen molar-refractivity contribution in [3.05, 3.63) is 47.2 Å². The highest BCUT2D eigenvalue weighted by molar-refractivity contribution is 5.73. The predicted molar refractivity (Wildman–Crippen MR) is 116 cm³/mol. The lowest BCUT2D eigenvalue weighted by Crippen LogP contribution is -2.35. The normalized spacial score (nSPS) is 23.9. The Labute approximate surface area is 180 Å². The van der Waals surface area contributed by atoms with Crippen LogP contribution in [0.15, 0.2) is 41.5 Å². The third kappa shape index (κ3) is 4.79.